The van der Waals surface area contributed by atoms with Gasteiger partial charge in [-0.05, 0) is 26.3 Å². The molecule has 1 aromatic rings. The molecule has 1 aromatic carbocycles. The smallest absolute Gasteiger partial charge is 0.208 e. The summed E-state index contributed by atoms with van der Waals surface area (Å²) in [5.74, 6) is -1.47. The standard InChI is InChI=1S/C11H15ClFNO2/c1-11(2,14)5-6-4-7(12)9(15)8(13)10(6)16-3/h4,15H,5,14H2,1-3H3. The van der Waals surface area contributed by atoms with Crippen molar-refractivity contribution in [3.63, 3.8) is 0 Å². The van der Waals surface area contributed by atoms with Crippen molar-refractivity contribution in [3.8, 4) is 11.5 Å². The number of rotatable bonds is 3. The van der Waals surface area contributed by atoms with E-state index in [1.54, 1.807) is 0 Å². The maximum Gasteiger partial charge on any atom is 0.208 e. The Morgan fingerprint density at radius 1 is 1.56 bits per heavy atom. The first-order chi connectivity index (χ1) is 7.26. The SMILES string of the molecule is COc1c(CC(C)(C)N)cc(Cl)c(O)c1F. The molecule has 0 heterocycles. The molecule has 0 fully saturated rings. The van der Waals surface area contributed by atoms with Gasteiger partial charge in [-0.1, -0.05) is 11.6 Å². The number of halogens is 2. The lowest BCUT2D eigenvalue weighted by atomic mass is 9.95. The van der Waals surface area contributed by atoms with Gasteiger partial charge in [0.1, 0.15) is 0 Å². The van der Waals surface area contributed by atoms with Gasteiger partial charge in [-0.2, -0.15) is 4.39 Å². The molecular formula is C11H15ClFNO2. The highest BCUT2D eigenvalue weighted by molar-refractivity contribution is 6.32. The first kappa shape index (κ1) is 13.1. The third kappa shape index (κ3) is 2.77. The lowest BCUT2D eigenvalue weighted by Gasteiger charge is -2.20. The number of phenolic OH excluding ortho intramolecular Hbond substituents is 1. The molecular weight excluding hydrogens is 233 g/mol. The number of benzene rings is 1. The van der Waals surface area contributed by atoms with Crippen LogP contribution in [0.2, 0.25) is 5.02 Å². The Morgan fingerprint density at radius 2 is 2.12 bits per heavy atom. The van der Waals surface area contributed by atoms with Crippen LogP contribution in [-0.2, 0) is 6.42 Å². The Hall–Kier alpha value is -1.00. The van der Waals surface area contributed by atoms with Gasteiger partial charge in [0.05, 0.1) is 12.1 Å². The van der Waals surface area contributed by atoms with Crippen LogP contribution in [0.3, 0.4) is 0 Å². The molecule has 5 heteroatoms. The first-order valence-corrected chi connectivity index (χ1v) is 5.17. The third-order valence-electron chi connectivity index (χ3n) is 2.08. The molecule has 1 rings (SSSR count). The molecule has 0 spiro atoms. The fourth-order valence-electron chi connectivity index (χ4n) is 1.48. The van der Waals surface area contributed by atoms with Crippen molar-refractivity contribution in [2.45, 2.75) is 25.8 Å². The minimum absolute atomic E-state index is 0.0135. The van der Waals surface area contributed by atoms with Gasteiger partial charge in [0.25, 0.3) is 0 Å². The molecule has 0 unspecified atom stereocenters. The Morgan fingerprint density at radius 3 is 2.56 bits per heavy atom. The van der Waals surface area contributed by atoms with Crippen LogP contribution in [-0.4, -0.2) is 17.8 Å². The van der Waals surface area contributed by atoms with Crippen molar-refractivity contribution in [2.24, 2.45) is 5.73 Å². The fraction of sp³-hybridized carbons (Fsp3) is 0.455. The summed E-state index contributed by atoms with van der Waals surface area (Å²) in [5, 5.41) is 9.28. The summed E-state index contributed by atoms with van der Waals surface area (Å²) in [5.41, 5.74) is 5.87. The molecule has 0 saturated carbocycles. The maximum atomic E-state index is 13.6. The highest BCUT2D eigenvalue weighted by atomic mass is 35.5. The Bertz CT molecular complexity index is 402. The molecule has 0 aliphatic heterocycles. The average Bonchev–Trinajstić information content (AvgIpc) is 2.12. The maximum absolute atomic E-state index is 13.6. The van der Waals surface area contributed by atoms with Gasteiger partial charge < -0.3 is 15.6 Å². The first-order valence-electron chi connectivity index (χ1n) is 4.79. The quantitative estimate of drug-likeness (QED) is 0.863. The second-order valence-corrected chi connectivity index (χ2v) is 4.79. The number of hydrogen-bond donors (Lipinski definition) is 2. The molecule has 90 valence electrons. The van der Waals surface area contributed by atoms with E-state index < -0.39 is 17.1 Å². The van der Waals surface area contributed by atoms with Gasteiger partial charge >= 0.3 is 0 Å². The van der Waals surface area contributed by atoms with Crippen molar-refractivity contribution < 1.29 is 14.2 Å². The Labute approximate surface area is 99.0 Å². The predicted octanol–water partition coefficient (Wildman–Crippen LogP) is 2.47. The minimum Gasteiger partial charge on any atom is -0.504 e. The summed E-state index contributed by atoms with van der Waals surface area (Å²) in [4.78, 5) is 0. The molecule has 0 bridgehead atoms. The highest BCUT2D eigenvalue weighted by Crippen LogP contribution is 2.37. The zero-order valence-electron chi connectivity index (χ0n) is 9.47. The number of phenols is 1. The summed E-state index contributed by atoms with van der Waals surface area (Å²) >= 11 is 5.69. The monoisotopic (exact) mass is 247 g/mol. The van der Waals surface area contributed by atoms with Crippen LogP contribution in [0.15, 0.2) is 6.07 Å². The van der Waals surface area contributed by atoms with Crippen LogP contribution in [0.25, 0.3) is 0 Å². The number of aromatic hydroxyl groups is 1. The van der Waals surface area contributed by atoms with E-state index in [1.807, 2.05) is 13.8 Å². The molecule has 16 heavy (non-hydrogen) atoms. The summed E-state index contributed by atoms with van der Waals surface area (Å²) in [6.07, 6.45) is 0.396. The van der Waals surface area contributed by atoms with Crippen LogP contribution in [0, 0.1) is 5.82 Å². The topological polar surface area (TPSA) is 55.5 Å². The zero-order chi connectivity index (χ0) is 12.5. The minimum atomic E-state index is -0.853. The summed E-state index contributed by atoms with van der Waals surface area (Å²) in [6.45, 7) is 3.62. The number of methoxy groups -OCH3 is 1. The largest absolute Gasteiger partial charge is 0.504 e. The second kappa shape index (κ2) is 4.47. The molecule has 3 nitrogen and oxygen atoms in total. The molecule has 0 saturated heterocycles. The molecule has 3 N–H and O–H groups in total. The summed E-state index contributed by atoms with van der Waals surface area (Å²) in [7, 11) is 1.33. The average molecular weight is 248 g/mol. The lowest BCUT2D eigenvalue weighted by molar-refractivity contribution is 0.356. The summed E-state index contributed by atoms with van der Waals surface area (Å²) < 4.78 is 18.5. The van der Waals surface area contributed by atoms with Crippen LogP contribution < -0.4 is 10.5 Å². The lowest BCUT2D eigenvalue weighted by Crippen LogP contribution is -2.34. The van der Waals surface area contributed by atoms with Crippen LogP contribution >= 0.6 is 11.6 Å². The number of ether oxygens (including phenoxy) is 1. The molecule has 0 aliphatic carbocycles. The van der Waals surface area contributed by atoms with E-state index in [4.69, 9.17) is 22.1 Å². The highest BCUT2D eigenvalue weighted by Gasteiger charge is 2.21. The summed E-state index contributed by atoms with van der Waals surface area (Å²) in [6, 6.07) is 1.47. The van der Waals surface area contributed by atoms with Gasteiger partial charge in [-0.3, -0.25) is 0 Å². The van der Waals surface area contributed by atoms with Gasteiger partial charge in [0.15, 0.2) is 11.5 Å². The van der Waals surface area contributed by atoms with Crippen molar-refractivity contribution in [1.29, 1.82) is 0 Å². The predicted molar refractivity (Wildman–Crippen MR) is 61.6 cm³/mol. The van der Waals surface area contributed by atoms with Crippen molar-refractivity contribution in [3.05, 3.63) is 22.5 Å². The van der Waals surface area contributed by atoms with E-state index in [1.165, 1.54) is 13.2 Å². The fourth-order valence-corrected chi connectivity index (χ4v) is 1.70. The van der Waals surface area contributed by atoms with Gasteiger partial charge in [0, 0.05) is 11.1 Å². The number of hydrogen-bond acceptors (Lipinski definition) is 3. The van der Waals surface area contributed by atoms with Crippen LogP contribution in [0.4, 0.5) is 4.39 Å². The Balaban J connectivity index is 3.28. The van der Waals surface area contributed by atoms with E-state index in [0.29, 0.717) is 12.0 Å². The van der Waals surface area contributed by atoms with E-state index in [0.717, 1.165) is 0 Å². The number of nitrogens with two attached hydrogens (primary N) is 1. The van der Waals surface area contributed by atoms with Crippen molar-refractivity contribution >= 4 is 11.6 Å². The Kier molecular flexibility index (Phi) is 3.65. The normalized spacial score (nSPS) is 11.6. The van der Waals surface area contributed by atoms with Crippen molar-refractivity contribution in [2.75, 3.05) is 7.11 Å². The van der Waals surface area contributed by atoms with Gasteiger partial charge in [0.2, 0.25) is 5.82 Å². The second-order valence-electron chi connectivity index (χ2n) is 4.38. The van der Waals surface area contributed by atoms with E-state index >= 15 is 0 Å². The van der Waals surface area contributed by atoms with E-state index in [-0.39, 0.29) is 10.8 Å². The third-order valence-corrected chi connectivity index (χ3v) is 2.36. The zero-order valence-corrected chi connectivity index (χ0v) is 10.2. The van der Waals surface area contributed by atoms with Crippen LogP contribution in [0.1, 0.15) is 19.4 Å². The van der Waals surface area contributed by atoms with Crippen LogP contribution in [0.5, 0.6) is 11.5 Å². The molecule has 0 aromatic heterocycles. The van der Waals surface area contributed by atoms with Crippen molar-refractivity contribution in [1.82, 2.24) is 0 Å². The molecule has 0 amide bonds. The van der Waals surface area contributed by atoms with E-state index in [9.17, 15) is 9.50 Å². The molecule has 0 atom stereocenters. The molecule has 0 radical (unpaired) electrons. The van der Waals surface area contributed by atoms with Gasteiger partial charge in [-0.15, -0.1) is 0 Å². The molecule has 0 aliphatic rings. The van der Waals surface area contributed by atoms with Gasteiger partial charge in [-0.25, -0.2) is 0 Å². The van der Waals surface area contributed by atoms with E-state index in [2.05, 4.69) is 0 Å².